The number of nitrogens with one attached hydrogen (secondary N) is 2. The summed E-state index contributed by atoms with van der Waals surface area (Å²) in [5.74, 6) is -3.20. The number of amides is 2. The largest absolute Gasteiger partial charge is 0.496 e. The maximum Gasteiger partial charge on any atom is 0.311 e. The maximum atomic E-state index is 14.8. The molecule has 4 rings (SSSR count). The minimum absolute atomic E-state index is 0.0130. The highest BCUT2D eigenvalue weighted by atomic mass is 19.1. The first-order valence-electron chi connectivity index (χ1n) is 13.1. The van der Waals surface area contributed by atoms with Gasteiger partial charge in [-0.05, 0) is 50.0 Å². The van der Waals surface area contributed by atoms with E-state index in [0.717, 1.165) is 25.3 Å². The van der Waals surface area contributed by atoms with Crippen LogP contribution in [-0.2, 0) is 14.3 Å². The topological polar surface area (TPSA) is 143 Å². The van der Waals surface area contributed by atoms with Crippen LogP contribution in [0.2, 0.25) is 0 Å². The number of ether oxygens (including phenoxy) is 3. The molecule has 1 saturated heterocycles. The first kappa shape index (κ1) is 28.1. The first-order valence-corrected chi connectivity index (χ1v) is 13.1. The number of hydrogen-bond acceptors (Lipinski definition) is 7. The van der Waals surface area contributed by atoms with Gasteiger partial charge < -0.3 is 35.1 Å². The van der Waals surface area contributed by atoms with E-state index in [4.69, 9.17) is 14.2 Å². The lowest BCUT2D eigenvalue weighted by Crippen LogP contribution is -2.48. The lowest BCUT2D eigenvalue weighted by atomic mass is 9.70. The second-order valence-corrected chi connectivity index (χ2v) is 11.1. The molecule has 3 aliphatic rings. The Morgan fingerprint density at radius 1 is 1.13 bits per heavy atom. The Morgan fingerprint density at radius 3 is 2.42 bits per heavy atom. The highest BCUT2D eigenvalue weighted by Gasteiger charge is 2.42. The van der Waals surface area contributed by atoms with Gasteiger partial charge >= 0.3 is 5.97 Å². The zero-order valence-corrected chi connectivity index (χ0v) is 21.9. The molecule has 1 aromatic carbocycles. The van der Waals surface area contributed by atoms with Crippen LogP contribution < -0.4 is 20.1 Å². The molecule has 1 aromatic rings. The quantitative estimate of drug-likeness (QED) is 0.357. The fourth-order valence-electron chi connectivity index (χ4n) is 5.44. The Bertz CT molecular complexity index is 1050. The monoisotopic (exact) mass is 536 g/mol. The summed E-state index contributed by atoms with van der Waals surface area (Å²) < 4.78 is 31.4. The molecule has 11 heteroatoms. The second-order valence-electron chi connectivity index (χ2n) is 11.1. The second kappa shape index (κ2) is 11.4. The molecule has 0 spiro atoms. The van der Waals surface area contributed by atoms with Gasteiger partial charge in [-0.15, -0.1) is 0 Å². The lowest BCUT2D eigenvalue weighted by Gasteiger charge is -2.38. The summed E-state index contributed by atoms with van der Waals surface area (Å²) in [4.78, 5) is 37.6. The number of aliphatic hydroxyl groups excluding tert-OH is 1. The molecular formula is C27H37FN2O8. The number of methoxy groups -OCH3 is 1. The molecule has 3 fully saturated rings. The number of carboxylic acid groups (broad SMARTS) is 1. The van der Waals surface area contributed by atoms with E-state index in [1.807, 2.05) is 0 Å². The summed E-state index contributed by atoms with van der Waals surface area (Å²) in [6.45, 7) is 2.62. The molecule has 38 heavy (non-hydrogen) atoms. The number of carboxylic acids is 1. The van der Waals surface area contributed by atoms with Crippen LogP contribution >= 0.6 is 0 Å². The van der Waals surface area contributed by atoms with Crippen LogP contribution in [0.4, 0.5) is 4.39 Å². The molecule has 1 heterocycles. The highest BCUT2D eigenvalue weighted by Crippen LogP contribution is 2.40. The van der Waals surface area contributed by atoms with Gasteiger partial charge in [0.25, 0.3) is 5.91 Å². The summed E-state index contributed by atoms with van der Waals surface area (Å²) in [6.07, 6.45) is 3.86. The van der Waals surface area contributed by atoms with Gasteiger partial charge in [0.15, 0.2) is 11.6 Å². The lowest BCUT2D eigenvalue weighted by molar-refractivity contribution is -0.155. The Morgan fingerprint density at radius 2 is 1.84 bits per heavy atom. The van der Waals surface area contributed by atoms with E-state index < -0.39 is 47.8 Å². The number of carbonyl (C=O) groups excluding carboxylic acids is 2. The zero-order valence-electron chi connectivity index (χ0n) is 21.9. The normalized spacial score (nSPS) is 28.2. The highest BCUT2D eigenvalue weighted by molar-refractivity contribution is 5.98. The van der Waals surface area contributed by atoms with Crippen LogP contribution in [-0.4, -0.2) is 73.6 Å². The van der Waals surface area contributed by atoms with E-state index in [0.29, 0.717) is 19.4 Å². The van der Waals surface area contributed by atoms with Gasteiger partial charge in [-0.3, -0.25) is 14.4 Å². The zero-order chi connectivity index (χ0) is 27.5. The summed E-state index contributed by atoms with van der Waals surface area (Å²) >= 11 is 0. The van der Waals surface area contributed by atoms with Gasteiger partial charge in [0.05, 0.1) is 56.0 Å². The van der Waals surface area contributed by atoms with Crippen LogP contribution in [0.25, 0.3) is 0 Å². The average Bonchev–Trinajstić information content (AvgIpc) is 3.35. The molecule has 2 amide bonds. The maximum absolute atomic E-state index is 14.8. The molecule has 10 nitrogen and oxygen atoms in total. The van der Waals surface area contributed by atoms with Gasteiger partial charge in [0, 0.05) is 12.6 Å². The Balaban J connectivity index is 1.41. The molecule has 0 aromatic heterocycles. The number of rotatable bonds is 10. The molecule has 1 unspecified atom stereocenters. The van der Waals surface area contributed by atoms with Crippen LogP contribution in [0.3, 0.4) is 0 Å². The van der Waals surface area contributed by atoms with Crippen molar-refractivity contribution in [3.8, 4) is 11.5 Å². The van der Waals surface area contributed by atoms with Crippen molar-refractivity contribution in [2.75, 3.05) is 33.5 Å². The fraction of sp³-hybridized carbons (Fsp3) is 0.667. The van der Waals surface area contributed by atoms with Gasteiger partial charge in [-0.25, -0.2) is 4.39 Å². The predicted molar refractivity (Wildman–Crippen MR) is 134 cm³/mol. The third kappa shape index (κ3) is 5.88. The van der Waals surface area contributed by atoms with Gasteiger partial charge in [0.1, 0.15) is 5.75 Å². The third-order valence-corrected chi connectivity index (χ3v) is 8.42. The van der Waals surface area contributed by atoms with Crippen molar-refractivity contribution in [2.24, 2.45) is 16.7 Å². The molecule has 2 atom stereocenters. The first-order chi connectivity index (χ1) is 18.1. The van der Waals surface area contributed by atoms with Crippen molar-refractivity contribution in [3.05, 3.63) is 23.5 Å². The SMILES string of the molecule is COc1cc(F)c(O[C@H]2CC[C@@](CO)(C(=O)O)CC2)cc1C(=O)NC1COC[C@H]1C(=O)NCC1(C)CCC1. The number of aliphatic carboxylic acids is 1. The number of hydrogen-bond donors (Lipinski definition) is 4. The Labute approximate surface area is 221 Å². The van der Waals surface area contributed by atoms with Crippen LogP contribution in [0.5, 0.6) is 11.5 Å². The van der Waals surface area contributed by atoms with Crippen molar-refractivity contribution in [2.45, 2.75) is 64.0 Å². The number of benzene rings is 1. The Hall–Kier alpha value is -2.92. The smallest absolute Gasteiger partial charge is 0.311 e. The molecule has 0 bridgehead atoms. The van der Waals surface area contributed by atoms with Crippen LogP contribution in [0.15, 0.2) is 12.1 Å². The molecule has 4 N–H and O–H groups in total. The van der Waals surface area contributed by atoms with E-state index >= 15 is 0 Å². The van der Waals surface area contributed by atoms with Crippen molar-refractivity contribution < 1.29 is 43.2 Å². The van der Waals surface area contributed by atoms with Crippen molar-refractivity contribution in [1.29, 1.82) is 0 Å². The predicted octanol–water partition coefficient (Wildman–Crippen LogP) is 2.27. The van der Waals surface area contributed by atoms with Gasteiger partial charge in [0.2, 0.25) is 5.91 Å². The third-order valence-electron chi connectivity index (χ3n) is 8.42. The van der Waals surface area contributed by atoms with Crippen LogP contribution in [0, 0.1) is 22.6 Å². The summed E-state index contributed by atoms with van der Waals surface area (Å²) in [5, 5.41) is 24.8. The summed E-state index contributed by atoms with van der Waals surface area (Å²) in [7, 11) is 1.32. The van der Waals surface area contributed by atoms with E-state index in [2.05, 4.69) is 17.6 Å². The molecular weight excluding hydrogens is 499 g/mol. The average molecular weight is 537 g/mol. The minimum atomic E-state index is -1.22. The summed E-state index contributed by atoms with van der Waals surface area (Å²) in [5.41, 5.74) is -1.05. The molecule has 2 aliphatic carbocycles. The molecule has 210 valence electrons. The molecule has 2 saturated carbocycles. The van der Waals surface area contributed by atoms with E-state index in [1.165, 1.54) is 13.2 Å². The minimum Gasteiger partial charge on any atom is -0.496 e. The van der Waals surface area contributed by atoms with E-state index in [1.54, 1.807) is 0 Å². The summed E-state index contributed by atoms with van der Waals surface area (Å²) in [6, 6.07) is 1.77. The standard InChI is InChI=1S/C27H37FN2O8/c1-26(6-3-7-26)14-29-23(32)18-12-37-13-20(18)30-24(33)17-10-22(19(28)11-21(17)36-2)38-16-4-8-27(15-31,9-5-16)25(34)35/h10-11,16,18,20,31H,3-9,12-15H2,1-2H3,(H,29,32)(H,30,33)(H,34,35)/t16-,18-,20?,27+/m1/s1. The number of halogens is 1. The van der Waals surface area contributed by atoms with E-state index in [9.17, 15) is 29.0 Å². The molecule has 0 radical (unpaired) electrons. The number of carbonyl (C=O) groups is 3. The van der Waals surface area contributed by atoms with Crippen LogP contribution in [0.1, 0.15) is 62.2 Å². The van der Waals surface area contributed by atoms with Crippen molar-refractivity contribution in [3.63, 3.8) is 0 Å². The van der Waals surface area contributed by atoms with Crippen molar-refractivity contribution >= 4 is 17.8 Å². The molecule has 1 aliphatic heterocycles. The fourth-order valence-corrected chi connectivity index (χ4v) is 5.44. The Kier molecular flexibility index (Phi) is 8.46. The van der Waals surface area contributed by atoms with Crippen molar-refractivity contribution in [1.82, 2.24) is 10.6 Å². The van der Waals surface area contributed by atoms with Gasteiger partial charge in [-0.1, -0.05) is 13.3 Å². The van der Waals surface area contributed by atoms with E-state index in [-0.39, 0.29) is 54.4 Å². The number of aliphatic hydroxyl groups is 1. The van der Waals surface area contributed by atoms with Gasteiger partial charge in [-0.2, -0.15) is 0 Å².